The first-order valence-corrected chi connectivity index (χ1v) is 5.94. The van der Waals surface area contributed by atoms with Crippen LogP contribution in [0.5, 0.6) is 0 Å². The van der Waals surface area contributed by atoms with Crippen LogP contribution >= 0.6 is 0 Å². The summed E-state index contributed by atoms with van der Waals surface area (Å²) in [5.41, 5.74) is 4.55. The average Bonchev–Trinajstić information content (AvgIpc) is 2.27. The zero-order valence-electron chi connectivity index (χ0n) is 10.7. The van der Waals surface area contributed by atoms with Crippen LogP contribution in [-0.4, -0.2) is 11.6 Å². The fourth-order valence-corrected chi connectivity index (χ4v) is 1.62. The van der Waals surface area contributed by atoms with Gasteiger partial charge in [-0.2, -0.15) is 5.10 Å². The van der Waals surface area contributed by atoms with E-state index in [0.717, 1.165) is 17.7 Å². The van der Waals surface area contributed by atoms with Crippen LogP contribution in [0.4, 0.5) is 0 Å². The highest BCUT2D eigenvalue weighted by molar-refractivity contribution is 5.85. The molecule has 1 aromatic carbocycles. The van der Waals surface area contributed by atoms with Gasteiger partial charge in [-0.05, 0) is 24.8 Å². The summed E-state index contributed by atoms with van der Waals surface area (Å²) >= 11 is 0. The van der Waals surface area contributed by atoms with Crippen molar-refractivity contribution < 1.29 is 4.79 Å². The van der Waals surface area contributed by atoms with E-state index in [4.69, 9.17) is 0 Å². The summed E-state index contributed by atoms with van der Waals surface area (Å²) in [6, 6.07) is 9.66. The van der Waals surface area contributed by atoms with E-state index in [0.29, 0.717) is 12.3 Å². The number of hydrogen-bond donors (Lipinski definition) is 1. The van der Waals surface area contributed by atoms with Crippen LogP contribution < -0.4 is 5.43 Å². The number of hydrazone groups is 1. The van der Waals surface area contributed by atoms with Crippen LogP contribution in [0.2, 0.25) is 0 Å². The topological polar surface area (TPSA) is 41.5 Å². The molecule has 0 aliphatic carbocycles. The molecule has 0 atom stereocenters. The highest BCUT2D eigenvalue weighted by atomic mass is 16.2. The highest BCUT2D eigenvalue weighted by Crippen LogP contribution is 2.01. The minimum absolute atomic E-state index is 0.0701. The van der Waals surface area contributed by atoms with E-state index in [1.807, 2.05) is 37.3 Å². The predicted octanol–water partition coefficient (Wildman–Crippen LogP) is 2.77. The Morgan fingerprint density at radius 3 is 2.53 bits per heavy atom. The molecule has 0 radical (unpaired) electrons. The molecule has 0 saturated heterocycles. The predicted molar refractivity (Wildman–Crippen MR) is 70.9 cm³/mol. The molecule has 1 amide bonds. The Balaban J connectivity index is 2.40. The Labute approximate surface area is 103 Å². The molecule has 0 aliphatic heterocycles. The van der Waals surface area contributed by atoms with Crippen LogP contribution in [0.1, 0.15) is 32.8 Å². The van der Waals surface area contributed by atoms with Gasteiger partial charge in [-0.3, -0.25) is 4.79 Å². The van der Waals surface area contributed by atoms with Gasteiger partial charge in [-0.25, -0.2) is 5.43 Å². The van der Waals surface area contributed by atoms with E-state index in [-0.39, 0.29) is 5.91 Å². The minimum atomic E-state index is -0.0701. The van der Waals surface area contributed by atoms with E-state index < -0.39 is 0 Å². The van der Waals surface area contributed by atoms with Crippen molar-refractivity contribution in [1.29, 1.82) is 0 Å². The normalized spacial score (nSPS) is 11.6. The molecule has 0 aliphatic rings. The standard InChI is InChI=1S/C14H20N2O/c1-11(2)9-12(3)15-16-14(17)10-13-7-5-4-6-8-13/h4-8,11H,9-10H2,1-3H3,(H,16,17)/b15-12-. The zero-order chi connectivity index (χ0) is 12.7. The molecule has 0 bridgehead atoms. The summed E-state index contributed by atoms with van der Waals surface area (Å²) in [5, 5.41) is 4.08. The maximum atomic E-state index is 11.6. The van der Waals surface area contributed by atoms with Crippen LogP contribution in [0, 0.1) is 5.92 Å². The maximum Gasteiger partial charge on any atom is 0.244 e. The number of carbonyl (C=O) groups excluding carboxylic acids is 1. The molecule has 17 heavy (non-hydrogen) atoms. The first-order valence-electron chi connectivity index (χ1n) is 5.94. The van der Waals surface area contributed by atoms with Gasteiger partial charge in [0, 0.05) is 5.71 Å². The quantitative estimate of drug-likeness (QED) is 0.615. The third-order valence-electron chi connectivity index (χ3n) is 2.28. The molecule has 1 aromatic rings. The second-order valence-corrected chi connectivity index (χ2v) is 4.64. The Bertz CT molecular complexity index is 382. The van der Waals surface area contributed by atoms with E-state index in [1.54, 1.807) is 0 Å². The number of nitrogens with zero attached hydrogens (tertiary/aromatic N) is 1. The molecule has 0 fully saturated rings. The summed E-state index contributed by atoms with van der Waals surface area (Å²) in [5.74, 6) is 0.490. The van der Waals surface area contributed by atoms with E-state index in [9.17, 15) is 4.79 Å². The van der Waals surface area contributed by atoms with Crippen molar-refractivity contribution in [3.8, 4) is 0 Å². The number of hydrogen-bond acceptors (Lipinski definition) is 2. The van der Waals surface area contributed by atoms with Gasteiger partial charge in [-0.1, -0.05) is 44.2 Å². The smallest absolute Gasteiger partial charge is 0.244 e. The average molecular weight is 232 g/mol. The molecular weight excluding hydrogens is 212 g/mol. The van der Waals surface area contributed by atoms with E-state index in [2.05, 4.69) is 24.4 Å². The van der Waals surface area contributed by atoms with Crippen LogP contribution in [-0.2, 0) is 11.2 Å². The van der Waals surface area contributed by atoms with Gasteiger partial charge in [0.2, 0.25) is 5.91 Å². The van der Waals surface area contributed by atoms with Crippen molar-refractivity contribution in [2.75, 3.05) is 0 Å². The Morgan fingerprint density at radius 1 is 1.29 bits per heavy atom. The fourth-order valence-electron chi connectivity index (χ4n) is 1.62. The van der Waals surface area contributed by atoms with Crippen LogP contribution in [0.15, 0.2) is 35.4 Å². The number of rotatable bonds is 5. The third kappa shape index (κ3) is 5.85. The van der Waals surface area contributed by atoms with Gasteiger partial charge in [0.05, 0.1) is 6.42 Å². The zero-order valence-corrected chi connectivity index (χ0v) is 10.7. The molecular formula is C14H20N2O. The molecule has 3 heteroatoms. The third-order valence-corrected chi connectivity index (χ3v) is 2.28. The molecule has 0 aromatic heterocycles. The van der Waals surface area contributed by atoms with Crippen LogP contribution in [0.3, 0.4) is 0 Å². The summed E-state index contributed by atoms with van der Waals surface area (Å²) < 4.78 is 0. The van der Waals surface area contributed by atoms with Crippen molar-refractivity contribution in [2.45, 2.75) is 33.6 Å². The summed E-state index contributed by atoms with van der Waals surface area (Å²) in [4.78, 5) is 11.6. The lowest BCUT2D eigenvalue weighted by Crippen LogP contribution is -2.21. The summed E-state index contributed by atoms with van der Waals surface area (Å²) in [7, 11) is 0. The van der Waals surface area contributed by atoms with E-state index in [1.165, 1.54) is 0 Å². The van der Waals surface area contributed by atoms with Crippen molar-refractivity contribution in [3.63, 3.8) is 0 Å². The van der Waals surface area contributed by atoms with Crippen LogP contribution in [0.25, 0.3) is 0 Å². The van der Waals surface area contributed by atoms with Gasteiger partial charge >= 0.3 is 0 Å². The Morgan fingerprint density at radius 2 is 1.94 bits per heavy atom. The number of benzene rings is 1. The molecule has 92 valence electrons. The van der Waals surface area contributed by atoms with E-state index >= 15 is 0 Å². The van der Waals surface area contributed by atoms with Crippen molar-refractivity contribution in [1.82, 2.24) is 5.43 Å². The molecule has 1 rings (SSSR count). The summed E-state index contributed by atoms with van der Waals surface area (Å²) in [6.07, 6.45) is 1.28. The lowest BCUT2D eigenvalue weighted by molar-refractivity contribution is -0.120. The molecule has 0 saturated carbocycles. The number of nitrogens with one attached hydrogen (secondary N) is 1. The van der Waals surface area contributed by atoms with Gasteiger partial charge in [-0.15, -0.1) is 0 Å². The van der Waals surface area contributed by atoms with Gasteiger partial charge < -0.3 is 0 Å². The summed E-state index contributed by atoms with van der Waals surface area (Å²) in [6.45, 7) is 6.19. The number of carbonyl (C=O) groups is 1. The van der Waals surface area contributed by atoms with Gasteiger partial charge in [0.15, 0.2) is 0 Å². The van der Waals surface area contributed by atoms with Crippen molar-refractivity contribution in [2.24, 2.45) is 11.0 Å². The lowest BCUT2D eigenvalue weighted by Gasteiger charge is -2.05. The molecule has 0 spiro atoms. The fraction of sp³-hybridized carbons (Fsp3) is 0.429. The Kier molecular flexibility index (Phi) is 5.40. The maximum absolute atomic E-state index is 11.6. The number of amides is 1. The van der Waals surface area contributed by atoms with Crippen molar-refractivity contribution >= 4 is 11.6 Å². The Hall–Kier alpha value is -1.64. The monoisotopic (exact) mass is 232 g/mol. The van der Waals surface area contributed by atoms with Gasteiger partial charge in [0.25, 0.3) is 0 Å². The highest BCUT2D eigenvalue weighted by Gasteiger charge is 2.02. The molecule has 0 unspecified atom stereocenters. The first-order chi connectivity index (χ1) is 8.08. The second kappa shape index (κ2) is 6.84. The SMILES string of the molecule is C/C(CC(C)C)=N/NC(=O)Cc1ccccc1. The minimum Gasteiger partial charge on any atom is -0.273 e. The molecule has 0 heterocycles. The molecule has 3 nitrogen and oxygen atoms in total. The molecule has 1 N–H and O–H groups in total. The second-order valence-electron chi connectivity index (χ2n) is 4.64. The first kappa shape index (κ1) is 13.4. The van der Waals surface area contributed by atoms with Gasteiger partial charge in [0.1, 0.15) is 0 Å². The lowest BCUT2D eigenvalue weighted by atomic mass is 10.1. The largest absolute Gasteiger partial charge is 0.273 e. The van der Waals surface area contributed by atoms with Crippen molar-refractivity contribution in [3.05, 3.63) is 35.9 Å².